The van der Waals surface area contributed by atoms with E-state index in [1.807, 2.05) is 0 Å². The van der Waals surface area contributed by atoms with Crippen LogP contribution in [0.15, 0.2) is 23.8 Å². The van der Waals surface area contributed by atoms with E-state index >= 15 is 0 Å². The molecule has 0 aromatic carbocycles. The minimum atomic E-state index is 0.801. The zero-order valence-electron chi connectivity index (χ0n) is 10.4. The van der Waals surface area contributed by atoms with Crippen LogP contribution < -0.4 is 0 Å². The van der Waals surface area contributed by atoms with Crippen molar-refractivity contribution in [2.45, 2.75) is 46.5 Å². The van der Waals surface area contributed by atoms with Crippen LogP contribution in [0.25, 0.3) is 0 Å². The highest BCUT2D eigenvalue weighted by Crippen LogP contribution is 2.47. The molecule has 0 nitrogen and oxygen atoms in total. The van der Waals surface area contributed by atoms with E-state index in [1.54, 1.807) is 5.57 Å². The molecule has 0 heterocycles. The van der Waals surface area contributed by atoms with Crippen LogP contribution in [-0.4, -0.2) is 0 Å². The summed E-state index contributed by atoms with van der Waals surface area (Å²) in [6.07, 6.45) is 7.85. The lowest BCUT2D eigenvalue weighted by Crippen LogP contribution is -2.33. The number of allylic oxidation sites excluding steroid dienone is 3. The first-order chi connectivity index (χ1) is 7.09. The van der Waals surface area contributed by atoms with Crippen molar-refractivity contribution in [2.75, 3.05) is 0 Å². The predicted octanol–water partition coefficient (Wildman–Crippen LogP) is 4.58. The molecule has 84 valence electrons. The highest BCUT2D eigenvalue weighted by molar-refractivity contribution is 5.19. The van der Waals surface area contributed by atoms with Crippen molar-refractivity contribution in [3.05, 3.63) is 23.8 Å². The lowest BCUT2D eigenvalue weighted by molar-refractivity contribution is 0.179. The van der Waals surface area contributed by atoms with E-state index < -0.39 is 0 Å². The Morgan fingerprint density at radius 2 is 2.00 bits per heavy atom. The standard InChI is InChI=1S/C15H24/c1-10(2)13-8-6-12(4)14-7-5-11(3)9-15(13)14/h9-10,13-15H,4-8H2,1-3H3/t13-,14-,15-/m0/s1. The van der Waals surface area contributed by atoms with E-state index in [9.17, 15) is 0 Å². The van der Waals surface area contributed by atoms with E-state index in [0.29, 0.717) is 0 Å². The van der Waals surface area contributed by atoms with Crippen molar-refractivity contribution in [3.8, 4) is 0 Å². The summed E-state index contributed by atoms with van der Waals surface area (Å²) in [7, 11) is 0. The third-order valence-corrected chi connectivity index (χ3v) is 4.47. The van der Waals surface area contributed by atoms with Crippen molar-refractivity contribution in [1.29, 1.82) is 0 Å². The van der Waals surface area contributed by atoms with Gasteiger partial charge in [0.1, 0.15) is 0 Å². The Labute approximate surface area is 94.5 Å². The molecule has 0 bridgehead atoms. The first-order valence-electron chi connectivity index (χ1n) is 6.44. The lowest BCUT2D eigenvalue weighted by Gasteiger charge is -2.43. The van der Waals surface area contributed by atoms with Crippen LogP contribution >= 0.6 is 0 Å². The molecular weight excluding hydrogens is 180 g/mol. The first-order valence-corrected chi connectivity index (χ1v) is 6.44. The van der Waals surface area contributed by atoms with Crippen LogP contribution in [0.4, 0.5) is 0 Å². The number of hydrogen-bond donors (Lipinski definition) is 0. The summed E-state index contributed by atoms with van der Waals surface area (Å²) < 4.78 is 0. The summed E-state index contributed by atoms with van der Waals surface area (Å²) in [5.41, 5.74) is 3.14. The Balaban J connectivity index is 2.24. The summed E-state index contributed by atoms with van der Waals surface area (Å²) in [6, 6.07) is 0. The molecule has 2 rings (SSSR count). The average molecular weight is 204 g/mol. The average Bonchev–Trinajstić information content (AvgIpc) is 2.17. The van der Waals surface area contributed by atoms with Gasteiger partial charge in [0, 0.05) is 0 Å². The molecule has 0 unspecified atom stereocenters. The molecular formula is C15H24. The molecule has 15 heavy (non-hydrogen) atoms. The lowest BCUT2D eigenvalue weighted by atomic mass is 9.62. The van der Waals surface area contributed by atoms with Gasteiger partial charge in [0.05, 0.1) is 0 Å². The Morgan fingerprint density at radius 3 is 2.67 bits per heavy atom. The summed E-state index contributed by atoms with van der Waals surface area (Å²) in [5, 5.41) is 0. The molecule has 0 aliphatic heterocycles. The van der Waals surface area contributed by atoms with Gasteiger partial charge in [-0.2, -0.15) is 0 Å². The van der Waals surface area contributed by atoms with Gasteiger partial charge in [-0.05, 0) is 56.3 Å². The molecule has 0 N–H and O–H groups in total. The molecule has 0 aromatic heterocycles. The molecule has 0 heteroatoms. The molecule has 0 radical (unpaired) electrons. The zero-order valence-corrected chi connectivity index (χ0v) is 10.4. The van der Waals surface area contributed by atoms with E-state index in [-0.39, 0.29) is 0 Å². The highest BCUT2D eigenvalue weighted by Gasteiger charge is 2.36. The molecule has 0 spiro atoms. The second-order valence-electron chi connectivity index (χ2n) is 5.84. The predicted molar refractivity (Wildman–Crippen MR) is 66.7 cm³/mol. The number of hydrogen-bond acceptors (Lipinski definition) is 0. The smallest absolute Gasteiger partial charge is 0.0134 e. The zero-order chi connectivity index (χ0) is 11.0. The second kappa shape index (κ2) is 4.15. The number of rotatable bonds is 1. The molecule has 2 aliphatic carbocycles. The fourth-order valence-corrected chi connectivity index (χ4v) is 3.51. The molecule has 1 saturated carbocycles. The number of fused-ring (bicyclic) bond motifs is 1. The summed E-state index contributed by atoms with van der Waals surface area (Å²) in [4.78, 5) is 0. The molecule has 0 saturated heterocycles. The van der Waals surface area contributed by atoms with Crippen molar-refractivity contribution < 1.29 is 0 Å². The monoisotopic (exact) mass is 204 g/mol. The van der Waals surface area contributed by atoms with E-state index in [4.69, 9.17) is 0 Å². The second-order valence-corrected chi connectivity index (χ2v) is 5.84. The molecule has 2 aliphatic rings. The molecule has 3 atom stereocenters. The molecule has 1 fully saturated rings. The van der Waals surface area contributed by atoms with E-state index in [1.165, 1.54) is 31.3 Å². The van der Waals surface area contributed by atoms with Crippen LogP contribution in [0.5, 0.6) is 0 Å². The van der Waals surface area contributed by atoms with Crippen LogP contribution in [0.1, 0.15) is 46.5 Å². The molecule has 0 aromatic rings. The minimum absolute atomic E-state index is 0.801. The van der Waals surface area contributed by atoms with Gasteiger partial charge >= 0.3 is 0 Å². The van der Waals surface area contributed by atoms with Gasteiger partial charge in [-0.3, -0.25) is 0 Å². The maximum absolute atomic E-state index is 4.29. The van der Waals surface area contributed by atoms with Gasteiger partial charge in [-0.1, -0.05) is 37.6 Å². The van der Waals surface area contributed by atoms with Crippen molar-refractivity contribution in [2.24, 2.45) is 23.7 Å². The van der Waals surface area contributed by atoms with Gasteiger partial charge in [0.2, 0.25) is 0 Å². The Morgan fingerprint density at radius 1 is 1.27 bits per heavy atom. The van der Waals surface area contributed by atoms with Crippen LogP contribution in [0, 0.1) is 23.7 Å². The van der Waals surface area contributed by atoms with Crippen LogP contribution in [0.2, 0.25) is 0 Å². The van der Waals surface area contributed by atoms with Gasteiger partial charge < -0.3 is 0 Å². The highest BCUT2D eigenvalue weighted by atomic mass is 14.4. The van der Waals surface area contributed by atoms with Gasteiger partial charge in [0.15, 0.2) is 0 Å². The van der Waals surface area contributed by atoms with E-state index in [2.05, 4.69) is 33.4 Å². The maximum Gasteiger partial charge on any atom is -0.0134 e. The fraction of sp³-hybridized carbons (Fsp3) is 0.733. The third-order valence-electron chi connectivity index (χ3n) is 4.47. The Bertz CT molecular complexity index is 282. The van der Waals surface area contributed by atoms with Crippen LogP contribution in [0.3, 0.4) is 0 Å². The fourth-order valence-electron chi connectivity index (χ4n) is 3.51. The quantitative estimate of drug-likeness (QED) is 0.548. The van der Waals surface area contributed by atoms with Gasteiger partial charge in [0.25, 0.3) is 0 Å². The molecule has 0 amide bonds. The van der Waals surface area contributed by atoms with Crippen LogP contribution in [-0.2, 0) is 0 Å². The largest absolute Gasteiger partial charge is 0.0996 e. The SMILES string of the molecule is C=C1CC[C@@H](C(C)C)[C@@H]2C=C(C)CC[C@@H]12. The van der Waals surface area contributed by atoms with Gasteiger partial charge in [-0.25, -0.2) is 0 Å². The Hall–Kier alpha value is -0.520. The van der Waals surface area contributed by atoms with Crippen molar-refractivity contribution in [3.63, 3.8) is 0 Å². The van der Waals surface area contributed by atoms with Crippen molar-refractivity contribution in [1.82, 2.24) is 0 Å². The third kappa shape index (κ3) is 2.04. The summed E-state index contributed by atoms with van der Waals surface area (Å²) >= 11 is 0. The minimum Gasteiger partial charge on any atom is -0.0996 e. The summed E-state index contributed by atoms with van der Waals surface area (Å²) in [5.74, 6) is 3.33. The maximum atomic E-state index is 4.29. The summed E-state index contributed by atoms with van der Waals surface area (Å²) in [6.45, 7) is 11.3. The topological polar surface area (TPSA) is 0 Å². The van der Waals surface area contributed by atoms with E-state index in [0.717, 1.165) is 23.7 Å². The van der Waals surface area contributed by atoms with Crippen molar-refractivity contribution >= 4 is 0 Å². The normalized spacial score (nSPS) is 36.4. The Kier molecular flexibility index (Phi) is 3.04. The first kappa shape index (κ1) is 11.0. The van der Waals surface area contributed by atoms with Gasteiger partial charge in [-0.15, -0.1) is 0 Å².